The number of esters is 2. The van der Waals surface area contributed by atoms with Gasteiger partial charge in [-0.05, 0) is 94.5 Å². The van der Waals surface area contributed by atoms with E-state index in [0.29, 0.717) is 23.6 Å². The first-order chi connectivity index (χ1) is 20.9. The number of ketones is 1. The third-order valence-electron chi connectivity index (χ3n) is 11.6. The normalized spacial score (nSPS) is 37.5. The molecule has 8 nitrogen and oxygen atoms in total. The van der Waals surface area contributed by atoms with Crippen molar-refractivity contribution in [2.24, 2.45) is 58.7 Å². The summed E-state index contributed by atoms with van der Waals surface area (Å²) in [6.45, 7) is 20.4. The fourth-order valence-electron chi connectivity index (χ4n) is 9.60. The zero-order valence-corrected chi connectivity index (χ0v) is 30.6. The minimum Gasteiger partial charge on any atom is -0.459 e. The Morgan fingerprint density at radius 2 is 1.78 bits per heavy atom. The molecule has 2 saturated carbocycles. The fraction of sp³-hybridized carbons (Fsp3) is 0.861. The van der Waals surface area contributed by atoms with E-state index in [9.17, 15) is 19.5 Å². The highest BCUT2D eigenvalue weighted by molar-refractivity contribution is 9.09. The van der Waals surface area contributed by atoms with Crippen LogP contribution in [0.1, 0.15) is 94.9 Å². The van der Waals surface area contributed by atoms with Crippen molar-refractivity contribution < 1.29 is 38.4 Å². The Morgan fingerprint density at radius 1 is 1.13 bits per heavy atom. The van der Waals surface area contributed by atoms with Crippen LogP contribution >= 0.6 is 15.9 Å². The second-order valence-electron chi connectivity index (χ2n) is 16.2. The molecular formula is C36H57BrO8. The van der Waals surface area contributed by atoms with Crippen LogP contribution in [0.15, 0.2) is 11.6 Å². The van der Waals surface area contributed by atoms with E-state index in [-0.39, 0.29) is 54.3 Å². The van der Waals surface area contributed by atoms with Gasteiger partial charge in [0.15, 0.2) is 12.1 Å². The van der Waals surface area contributed by atoms with E-state index in [1.54, 1.807) is 6.08 Å². The Morgan fingerprint density at radius 3 is 2.33 bits per heavy atom. The lowest BCUT2D eigenvalue weighted by atomic mass is 9.48. The molecule has 0 aromatic carbocycles. The average Bonchev–Trinajstić information content (AvgIpc) is 3.15. The molecule has 0 aromatic rings. The van der Waals surface area contributed by atoms with Crippen LogP contribution in [0.5, 0.6) is 0 Å². The minimum atomic E-state index is -1.08. The molecule has 256 valence electrons. The van der Waals surface area contributed by atoms with Gasteiger partial charge >= 0.3 is 11.9 Å². The molecule has 1 N–H and O–H groups in total. The molecule has 11 unspecified atom stereocenters. The van der Waals surface area contributed by atoms with Gasteiger partial charge in [-0.25, -0.2) is 4.79 Å². The van der Waals surface area contributed by atoms with E-state index in [2.05, 4.69) is 57.5 Å². The predicted molar refractivity (Wildman–Crippen MR) is 175 cm³/mol. The second-order valence-corrected chi connectivity index (χ2v) is 16.8. The Labute approximate surface area is 278 Å². The summed E-state index contributed by atoms with van der Waals surface area (Å²) in [5, 5.41) is 11.5. The number of aliphatic hydroxyl groups is 1. The van der Waals surface area contributed by atoms with Gasteiger partial charge in [0, 0.05) is 30.3 Å². The van der Waals surface area contributed by atoms with Crippen LogP contribution in [-0.2, 0) is 33.3 Å². The summed E-state index contributed by atoms with van der Waals surface area (Å²) >= 11 is 3.53. The van der Waals surface area contributed by atoms with Crippen molar-refractivity contribution in [3.8, 4) is 0 Å². The van der Waals surface area contributed by atoms with Gasteiger partial charge < -0.3 is 24.1 Å². The average molecular weight is 698 g/mol. The van der Waals surface area contributed by atoms with Gasteiger partial charge in [0.25, 0.3) is 0 Å². The summed E-state index contributed by atoms with van der Waals surface area (Å²) in [5.74, 6) is -1.39. The summed E-state index contributed by atoms with van der Waals surface area (Å²) in [5.41, 5.74) is -0.135. The highest BCUT2D eigenvalue weighted by Crippen LogP contribution is 2.62. The molecule has 0 amide bonds. The second kappa shape index (κ2) is 14.1. The lowest BCUT2D eigenvalue weighted by molar-refractivity contribution is -0.243. The maximum atomic E-state index is 13.9. The van der Waals surface area contributed by atoms with E-state index in [1.165, 1.54) is 0 Å². The molecule has 0 aromatic heterocycles. The number of carbonyl (C=O) groups excluding carboxylic acids is 3. The molecule has 4 rings (SSSR count). The number of fused-ring (bicyclic) bond motifs is 3. The standard InChI is InChI=1S/C36H57BrO8/c1-18(2)22(19(3)4)14-28(40)43-32-30-20(5)11-12-24-31(23(30)17-38)27(42-34(32)41)15-25-21(6)13-26(39)33(36(24,25)10)44-29(16-37)45-35(7,8)9/h13,18-20,22-25,27,29-33,38H,11-12,14-17H2,1-10H3. The van der Waals surface area contributed by atoms with Crippen LogP contribution in [0.4, 0.5) is 0 Å². The molecular weight excluding hydrogens is 640 g/mol. The van der Waals surface area contributed by atoms with E-state index >= 15 is 0 Å². The van der Waals surface area contributed by atoms with Crippen LogP contribution in [0.2, 0.25) is 0 Å². The number of halogens is 1. The van der Waals surface area contributed by atoms with Crippen LogP contribution in [0.3, 0.4) is 0 Å². The number of aliphatic hydroxyl groups excluding tert-OH is 1. The van der Waals surface area contributed by atoms with Crippen LogP contribution in [-0.4, -0.2) is 65.0 Å². The van der Waals surface area contributed by atoms with E-state index in [1.807, 2.05) is 27.7 Å². The maximum Gasteiger partial charge on any atom is 0.348 e. The molecule has 1 aliphatic heterocycles. The molecule has 0 spiro atoms. The van der Waals surface area contributed by atoms with E-state index in [0.717, 1.165) is 18.4 Å². The number of ether oxygens (including phenoxy) is 4. The monoisotopic (exact) mass is 696 g/mol. The summed E-state index contributed by atoms with van der Waals surface area (Å²) < 4.78 is 25.2. The Bertz CT molecular complexity index is 1120. The van der Waals surface area contributed by atoms with Gasteiger partial charge in [0.2, 0.25) is 6.10 Å². The summed E-state index contributed by atoms with van der Waals surface area (Å²) in [6, 6.07) is 0. The third kappa shape index (κ3) is 7.26. The van der Waals surface area contributed by atoms with Crippen LogP contribution in [0.25, 0.3) is 0 Å². The summed E-state index contributed by atoms with van der Waals surface area (Å²) in [6.07, 6.45) is 1.04. The lowest BCUT2D eigenvalue weighted by Gasteiger charge is -2.58. The third-order valence-corrected chi connectivity index (χ3v) is 12.1. The van der Waals surface area contributed by atoms with Gasteiger partial charge in [-0.15, -0.1) is 0 Å². The highest BCUT2D eigenvalue weighted by atomic mass is 79.9. The van der Waals surface area contributed by atoms with Gasteiger partial charge in [-0.1, -0.05) is 63.0 Å². The van der Waals surface area contributed by atoms with Crippen molar-refractivity contribution in [3.05, 3.63) is 11.6 Å². The molecule has 2 bridgehead atoms. The van der Waals surface area contributed by atoms with Crippen LogP contribution in [0, 0.1) is 58.7 Å². The topological polar surface area (TPSA) is 108 Å². The molecule has 3 fully saturated rings. The van der Waals surface area contributed by atoms with Crippen molar-refractivity contribution >= 4 is 33.7 Å². The number of carbonyl (C=O) groups is 3. The van der Waals surface area contributed by atoms with Crippen molar-refractivity contribution in [1.82, 2.24) is 0 Å². The Hall–Kier alpha value is -1.29. The highest BCUT2D eigenvalue weighted by Gasteiger charge is 2.65. The van der Waals surface area contributed by atoms with Crippen molar-refractivity contribution in [2.45, 2.75) is 125 Å². The van der Waals surface area contributed by atoms with Gasteiger partial charge in [0.05, 0.1) is 10.9 Å². The van der Waals surface area contributed by atoms with Crippen molar-refractivity contribution in [1.29, 1.82) is 0 Å². The Kier molecular flexibility index (Phi) is 11.4. The van der Waals surface area contributed by atoms with E-state index < -0.39 is 53.5 Å². The molecule has 1 saturated heterocycles. The zero-order chi connectivity index (χ0) is 33.6. The Balaban J connectivity index is 1.73. The van der Waals surface area contributed by atoms with Crippen LogP contribution < -0.4 is 0 Å². The smallest absolute Gasteiger partial charge is 0.348 e. The summed E-state index contributed by atoms with van der Waals surface area (Å²) in [4.78, 5) is 41.2. The van der Waals surface area contributed by atoms with Gasteiger partial charge in [0.1, 0.15) is 12.2 Å². The molecule has 0 radical (unpaired) electrons. The molecule has 1 heterocycles. The first-order valence-electron chi connectivity index (χ1n) is 17.1. The van der Waals surface area contributed by atoms with E-state index in [4.69, 9.17) is 18.9 Å². The minimum absolute atomic E-state index is 0.0142. The fourth-order valence-corrected chi connectivity index (χ4v) is 9.88. The molecule has 3 aliphatic carbocycles. The molecule has 4 aliphatic rings. The maximum absolute atomic E-state index is 13.9. The number of rotatable bonds is 10. The largest absolute Gasteiger partial charge is 0.459 e. The molecule has 45 heavy (non-hydrogen) atoms. The number of hydrogen-bond donors (Lipinski definition) is 1. The SMILES string of the molecule is CC1=CC(=O)C(OC(CBr)OC(C)(C)C)C2(C)C1CC1OC(=O)C(OC(=O)CC(C(C)C)C(C)C)C3C(C)CCC2C1C3CO. The number of alkyl halides is 1. The first-order valence-corrected chi connectivity index (χ1v) is 18.2. The molecule has 11 atom stereocenters. The lowest BCUT2D eigenvalue weighted by Crippen LogP contribution is -2.62. The van der Waals surface area contributed by atoms with Gasteiger partial charge in [-0.3, -0.25) is 9.59 Å². The van der Waals surface area contributed by atoms with Crippen molar-refractivity contribution in [3.63, 3.8) is 0 Å². The zero-order valence-electron chi connectivity index (χ0n) is 29.0. The quantitative estimate of drug-likeness (QED) is 0.157. The summed E-state index contributed by atoms with van der Waals surface area (Å²) in [7, 11) is 0. The number of hydrogen-bond acceptors (Lipinski definition) is 8. The molecule has 9 heteroatoms. The predicted octanol–water partition coefficient (Wildman–Crippen LogP) is 6.51. The number of allylic oxidation sites excluding steroid dienone is 1. The first kappa shape index (κ1) is 36.5. The van der Waals surface area contributed by atoms with Crippen molar-refractivity contribution in [2.75, 3.05) is 11.9 Å². The van der Waals surface area contributed by atoms with Gasteiger partial charge in [-0.2, -0.15) is 0 Å².